The molecule has 0 spiro atoms. The highest BCUT2D eigenvalue weighted by Gasteiger charge is 2.30. The molecule has 45 heavy (non-hydrogen) atoms. The Morgan fingerprint density at radius 3 is 2.04 bits per heavy atom. The lowest BCUT2D eigenvalue weighted by atomic mass is 10.1. The lowest BCUT2D eigenvalue weighted by Gasteiger charge is -2.34. The number of benzene rings is 2. The summed E-state index contributed by atoms with van der Waals surface area (Å²) in [5.74, 6) is -0.449. The van der Waals surface area contributed by atoms with Crippen molar-refractivity contribution in [2.45, 2.75) is 107 Å². The number of fused-ring (bicyclic) bond motifs is 1. The topological polar surface area (TPSA) is 58.4 Å². The van der Waals surface area contributed by atoms with E-state index in [2.05, 4.69) is 14.8 Å². The maximum atomic E-state index is 14.7. The lowest BCUT2D eigenvalue weighted by molar-refractivity contribution is 0.133. The summed E-state index contributed by atoms with van der Waals surface area (Å²) in [4.78, 5) is 9.25. The summed E-state index contributed by atoms with van der Waals surface area (Å²) >= 11 is 0. The van der Waals surface area contributed by atoms with Gasteiger partial charge in [-0.25, -0.2) is 17.4 Å². The van der Waals surface area contributed by atoms with E-state index in [0.29, 0.717) is 24.2 Å². The van der Waals surface area contributed by atoms with E-state index in [-0.39, 0.29) is 4.90 Å². The molecule has 2 aromatic carbocycles. The maximum absolute atomic E-state index is 14.7. The largest absolute Gasteiger partial charge is 0.297 e. The number of unbranched alkanes of at least 4 members (excludes halogenated alkanes) is 3. The van der Waals surface area contributed by atoms with Crippen LogP contribution in [0.1, 0.15) is 88.2 Å². The number of rotatable bonds is 15. The van der Waals surface area contributed by atoms with Gasteiger partial charge in [0.05, 0.1) is 10.4 Å². The van der Waals surface area contributed by atoms with Gasteiger partial charge in [0.2, 0.25) is 5.95 Å². The van der Waals surface area contributed by atoms with Gasteiger partial charge < -0.3 is 0 Å². The van der Waals surface area contributed by atoms with Crippen molar-refractivity contribution < 1.29 is 12.8 Å². The molecule has 4 aromatic rings. The van der Waals surface area contributed by atoms with Crippen molar-refractivity contribution in [1.29, 1.82) is 0 Å². The van der Waals surface area contributed by atoms with Crippen LogP contribution in [-0.2, 0) is 23.1 Å². The molecule has 0 aliphatic heterocycles. The van der Waals surface area contributed by atoms with Crippen molar-refractivity contribution in [1.82, 2.24) is 18.8 Å². The number of hydrogen-bond donors (Lipinski definition) is 0. The van der Waals surface area contributed by atoms with Crippen LogP contribution in [-0.4, -0.2) is 52.3 Å². The first kappa shape index (κ1) is 31.9. The van der Waals surface area contributed by atoms with Gasteiger partial charge in [-0.15, -0.1) is 0 Å². The van der Waals surface area contributed by atoms with E-state index >= 15 is 0 Å². The molecular formula is C37H47FN4O2S. The van der Waals surface area contributed by atoms with Gasteiger partial charge in [0.15, 0.2) is 0 Å². The standard InChI is InChI=1S/C37H47FN4O2S/c38-37-30(15-14-24-39-37)27-40(25-12-1-2-13-26-41(32-16-6-7-17-32)33-18-8-9-19-33)28-31-29-42(36-23-11-10-22-35(31)36)45(43,44)34-20-4-3-5-21-34/h3-5,10-11,14-15,20-24,29,32-33H,1-2,6-9,12-13,16-19,25-28H2. The minimum Gasteiger partial charge on any atom is -0.297 e. The Kier molecular flexibility index (Phi) is 10.6. The molecule has 2 aromatic heterocycles. The van der Waals surface area contributed by atoms with Crippen molar-refractivity contribution in [2.24, 2.45) is 0 Å². The molecule has 2 heterocycles. The average molecular weight is 631 g/mol. The zero-order valence-electron chi connectivity index (χ0n) is 26.4. The second-order valence-electron chi connectivity index (χ2n) is 13.0. The van der Waals surface area contributed by atoms with Crippen LogP contribution in [0.3, 0.4) is 0 Å². The maximum Gasteiger partial charge on any atom is 0.268 e. The van der Waals surface area contributed by atoms with E-state index in [9.17, 15) is 12.8 Å². The van der Waals surface area contributed by atoms with Gasteiger partial charge in [0.1, 0.15) is 0 Å². The quantitative estimate of drug-likeness (QED) is 0.0980. The normalized spacial score (nSPS) is 16.5. The second kappa shape index (κ2) is 15.0. The van der Waals surface area contributed by atoms with Crippen LogP contribution in [0.2, 0.25) is 0 Å². The molecule has 2 fully saturated rings. The van der Waals surface area contributed by atoms with Gasteiger partial charge in [-0.2, -0.15) is 4.39 Å². The highest BCUT2D eigenvalue weighted by atomic mass is 32.2. The van der Waals surface area contributed by atoms with Gasteiger partial charge in [-0.3, -0.25) is 9.80 Å². The zero-order chi connectivity index (χ0) is 31.1. The van der Waals surface area contributed by atoms with Gasteiger partial charge in [-0.1, -0.05) is 81.0 Å². The minimum atomic E-state index is -3.77. The van der Waals surface area contributed by atoms with Crippen LogP contribution in [0.25, 0.3) is 10.9 Å². The van der Waals surface area contributed by atoms with Crippen molar-refractivity contribution in [3.8, 4) is 0 Å². The Balaban J connectivity index is 1.14. The van der Waals surface area contributed by atoms with E-state index < -0.39 is 16.0 Å². The fourth-order valence-electron chi connectivity index (χ4n) is 7.60. The summed E-state index contributed by atoms with van der Waals surface area (Å²) in [6.45, 7) is 2.95. The predicted octanol–water partition coefficient (Wildman–Crippen LogP) is 8.16. The molecule has 0 N–H and O–H groups in total. The van der Waals surface area contributed by atoms with Gasteiger partial charge in [0.25, 0.3) is 10.0 Å². The number of hydrogen-bond acceptors (Lipinski definition) is 5. The van der Waals surface area contributed by atoms with E-state index in [1.807, 2.05) is 30.3 Å². The Hall–Kier alpha value is -3.07. The van der Waals surface area contributed by atoms with Gasteiger partial charge in [-0.05, 0) is 81.4 Å². The van der Waals surface area contributed by atoms with Crippen LogP contribution in [0.15, 0.2) is 84.0 Å². The van der Waals surface area contributed by atoms with Crippen LogP contribution in [0, 0.1) is 5.95 Å². The summed E-state index contributed by atoms with van der Waals surface area (Å²) in [5.41, 5.74) is 2.12. The molecule has 0 saturated heterocycles. The first-order chi connectivity index (χ1) is 22.0. The van der Waals surface area contributed by atoms with Crippen LogP contribution in [0.5, 0.6) is 0 Å². The fourth-order valence-corrected chi connectivity index (χ4v) is 9.01. The van der Waals surface area contributed by atoms with E-state index in [4.69, 9.17) is 0 Å². The Labute approximate surface area is 268 Å². The Bertz CT molecular complexity index is 1610. The average Bonchev–Trinajstić information content (AvgIpc) is 3.85. The van der Waals surface area contributed by atoms with E-state index in [1.165, 1.54) is 80.9 Å². The summed E-state index contributed by atoms with van der Waals surface area (Å²) in [6, 6.07) is 21.3. The summed E-state index contributed by atoms with van der Waals surface area (Å²) in [7, 11) is -3.77. The van der Waals surface area contributed by atoms with E-state index in [1.54, 1.807) is 42.6 Å². The minimum absolute atomic E-state index is 0.256. The monoisotopic (exact) mass is 630 g/mol. The van der Waals surface area contributed by atoms with Crippen LogP contribution < -0.4 is 0 Å². The Morgan fingerprint density at radius 1 is 0.733 bits per heavy atom. The second-order valence-corrected chi connectivity index (χ2v) is 14.8. The van der Waals surface area contributed by atoms with Crippen LogP contribution >= 0.6 is 0 Å². The summed E-state index contributed by atoms with van der Waals surface area (Å²) < 4.78 is 43.4. The number of pyridine rings is 1. The first-order valence-corrected chi connectivity index (χ1v) is 18.4. The molecule has 0 bridgehead atoms. The highest BCUT2D eigenvalue weighted by molar-refractivity contribution is 7.90. The third kappa shape index (κ3) is 7.67. The third-order valence-electron chi connectivity index (χ3n) is 9.91. The summed E-state index contributed by atoms with van der Waals surface area (Å²) in [5, 5.41) is 0.896. The SMILES string of the molecule is O=S(=O)(c1ccccc1)n1cc(CN(CCCCCCN(C2CCCC2)C2CCCC2)Cc2cccnc2F)c2ccccc21. The third-order valence-corrected chi connectivity index (χ3v) is 11.6. The number of para-hydroxylation sites is 1. The smallest absolute Gasteiger partial charge is 0.268 e. The summed E-state index contributed by atoms with van der Waals surface area (Å²) in [6.07, 6.45) is 18.8. The molecule has 240 valence electrons. The molecule has 2 aliphatic carbocycles. The molecule has 0 amide bonds. The molecule has 2 saturated carbocycles. The zero-order valence-corrected chi connectivity index (χ0v) is 27.2. The fraction of sp³-hybridized carbons (Fsp3) is 0.486. The Morgan fingerprint density at radius 2 is 1.36 bits per heavy atom. The number of halogens is 1. The van der Waals surface area contributed by atoms with Crippen molar-refractivity contribution >= 4 is 20.9 Å². The highest BCUT2D eigenvalue weighted by Crippen LogP contribution is 2.32. The molecule has 2 aliphatic rings. The van der Waals surface area contributed by atoms with E-state index in [0.717, 1.165) is 42.4 Å². The van der Waals surface area contributed by atoms with Crippen molar-refractivity contribution in [3.63, 3.8) is 0 Å². The van der Waals surface area contributed by atoms with Crippen LogP contribution in [0.4, 0.5) is 4.39 Å². The molecule has 6 rings (SSSR count). The van der Waals surface area contributed by atoms with Crippen molar-refractivity contribution in [3.05, 3.63) is 96.2 Å². The predicted molar refractivity (Wildman–Crippen MR) is 179 cm³/mol. The number of aromatic nitrogens is 2. The molecular weight excluding hydrogens is 583 g/mol. The van der Waals surface area contributed by atoms with Gasteiger partial charge >= 0.3 is 0 Å². The molecule has 6 nitrogen and oxygen atoms in total. The number of nitrogens with zero attached hydrogens (tertiary/aromatic N) is 4. The molecule has 0 atom stereocenters. The molecule has 0 radical (unpaired) electrons. The molecule has 0 unspecified atom stereocenters. The first-order valence-electron chi connectivity index (χ1n) is 17.0. The lowest BCUT2D eigenvalue weighted by Crippen LogP contribution is -2.41. The van der Waals surface area contributed by atoms with Gasteiger partial charge in [0, 0.05) is 48.5 Å². The molecule has 8 heteroatoms. The van der Waals surface area contributed by atoms with Crippen molar-refractivity contribution in [2.75, 3.05) is 13.1 Å².